The van der Waals surface area contributed by atoms with Crippen LogP contribution in [0.25, 0.3) is 10.1 Å². The predicted molar refractivity (Wildman–Crippen MR) is 94.2 cm³/mol. The highest BCUT2D eigenvalue weighted by Gasteiger charge is 2.29. The lowest BCUT2D eigenvalue weighted by Gasteiger charge is -2.40. The average Bonchev–Trinajstić information content (AvgIpc) is 3.17. The molecule has 1 saturated heterocycles. The molecule has 5 nitrogen and oxygen atoms in total. The van der Waals surface area contributed by atoms with E-state index < -0.39 is 0 Å². The van der Waals surface area contributed by atoms with Crippen LogP contribution in [-0.2, 0) is 6.54 Å². The average molecular weight is 341 g/mol. The molecule has 1 atom stereocenters. The SMILES string of the molecule is Cc1cc(CN2CCC2CNC(=O)c2csc3ccccc23)no1. The number of amides is 1. The van der Waals surface area contributed by atoms with E-state index in [0.717, 1.165) is 46.6 Å². The van der Waals surface area contributed by atoms with E-state index in [4.69, 9.17) is 4.52 Å². The molecule has 3 heterocycles. The third-order valence-corrected chi connectivity index (χ3v) is 5.50. The molecule has 0 saturated carbocycles. The van der Waals surface area contributed by atoms with Gasteiger partial charge in [0, 0.05) is 47.2 Å². The lowest BCUT2D eigenvalue weighted by Crippen LogP contribution is -2.52. The van der Waals surface area contributed by atoms with Gasteiger partial charge in [-0.25, -0.2) is 0 Å². The number of hydrogen-bond donors (Lipinski definition) is 1. The number of carbonyl (C=O) groups is 1. The fraction of sp³-hybridized carbons (Fsp3) is 0.333. The molecule has 0 aliphatic carbocycles. The van der Waals surface area contributed by atoms with Crippen molar-refractivity contribution in [3.05, 3.63) is 52.7 Å². The van der Waals surface area contributed by atoms with E-state index in [0.29, 0.717) is 12.6 Å². The van der Waals surface area contributed by atoms with Gasteiger partial charge in [-0.05, 0) is 19.4 Å². The van der Waals surface area contributed by atoms with Crippen LogP contribution in [0, 0.1) is 6.92 Å². The second-order valence-corrected chi connectivity index (χ2v) is 7.11. The minimum Gasteiger partial charge on any atom is -0.361 e. The Hall–Kier alpha value is -2.18. The number of benzene rings is 1. The van der Waals surface area contributed by atoms with Crippen LogP contribution in [0.1, 0.15) is 28.2 Å². The van der Waals surface area contributed by atoms with Crippen molar-refractivity contribution in [3.8, 4) is 0 Å². The van der Waals surface area contributed by atoms with Gasteiger partial charge in [0.15, 0.2) is 0 Å². The molecule has 1 aromatic carbocycles. The van der Waals surface area contributed by atoms with Gasteiger partial charge < -0.3 is 9.84 Å². The molecule has 1 amide bonds. The third-order valence-electron chi connectivity index (χ3n) is 4.53. The molecule has 1 aliphatic heterocycles. The van der Waals surface area contributed by atoms with E-state index in [-0.39, 0.29) is 5.91 Å². The number of likely N-dealkylation sites (tertiary alicyclic amines) is 1. The Bertz CT molecular complexity index is 870. The van der Waals surface area contributed by atoms with Crippen LogP contribution in [0.3, 0.4) is 0 Å². The maximum atomic E-state index is 12.5. The van der Waals surface area contributed by atoms with Gasteiger partial charge in [0.1, 0.15) is 5.76 Å². The maximum absolute atomic E-state index is 12.5. The molecule has 6 heteroatoms. The summed E-state index contributed by atoms with van der Waals surface area (Å²) in [5.74, 6) is 0.844. The van der Waals surface area contributed by atoms with Gasteiger partial charge in [-0.3, -0.25) is 9.69 Å². The number of aromatic nitrogens is 1. The Balaban J connectivity index is 1.35. The highest BCUT2D eigenvalue weighted by atomic mass is 32.1. The van der Waals surface area contributed by atoms with Crippen molar-refractivity contribution in [3.63, 3.8) is 0 Å². The van der Waals surface area contributed by atoms with Crippen molar-refractivity contribution in [1.29, 1.82) is 0 Å². The Kier molecular flexibility index (Phi) is 4.08. The number of carbonyl (C=O) groups excluding carboxylic acids is 1. The quantitative estimate of drug-likeness (QED) is 0.774. The fourth-order valence-electron chi connectivity index (χ4n) is 3.09. The van der Waals surface area contributed by atoms with Crippen LogP contribution < -0.4 is 5.32 Å². The number of aryl methyl sites for hydroxylation is 1. The van der Waals surface area contributed by atoms with Crippen LogP contribution in [0.2, 0.25) is 0 Å². The van der Waals surface area contributed by atoms with Crippen molar-refractivity contribution >= 4 is 27.3 Å². The molecule has 3 aromatic rings. The summed E-state index contributed by atoms with van der Waals surface area (Å²) < 4.78 is 6.26. The highest BCUT2D eigenvalue weighted by Crippen LogP contribution is 2.26. The van der Waals surface area contributed by atoms with Crippen LogP contribution in [0.15, 0.2) is 40.2 Å². The summed E-state index contributed by atoms with van der Waals surface area (Å²) in [4.78, 5) is 14.8. The largest absolute Gasteiger partial charge is 0.361 e. The number of rotatable bonds is 5. The van der Waals surface area contributed by atoms with E-state index in [1.165, 1.54) is 0 Å². The first-order valence-corrected chi connectivity index (χ1v) is 8.99. The Labute approximate surface area is 144 Å². The second kappa shape index (κ2) is 6.37. The molecule has 0 bridgehead atoms. The zero-order valence-electron chi connectivity index (χ0n) is 13.5. The number of thiophene rings is 1. The van der Waals surface area contributed by atoms with Crippen molar-refractivity contribution in [2.24, 2.45) is 0 Å². The summed E-state index contributed by atoms with van der Waals surface area (Å²) in [6.07, 6.45) is 1.10. The molecule has 124 valence electrons. The summed E-state index contributed by atoms with van der Waals surface area (Å²) in [7, 11) is 0. The van der Waals surface area contributed by atoms with Gasteiger partial charge in [-0.2, -0.15) is 0 Å². The van der Waals surface area contributed by atoms with Crippen molar-refractivity contribution in [1.82, 2.24) is 15.4 Å². The minimum atomic E-state index is 0.0107. The van der Waals surface area contributed by atoms with Gasteiger partial charge in [0.25, 0.3) is 5.91 Å². The summed E-state index contributed by atoms with van der Waals surface area (Å²) in [5, 5.41) is 10.1. The van der Waals surface area contributed by atoms with Gasteiger partial charge in [0.05, 0.1) is 11.3 Å². The molecular formula is C18H19N3O2S. The molecule has 2 aromatic heterocycles. The fourth-order valence-corrected chi connectivity index (χ4v) is 4.03. The van der Waals surface area contributed by atoms with Crippen LogP contribution in [0.5, 0.6) is 0 Å². The van der Waals surface area contributed by atoms with E-state index >= 15 is 0 Å². The molecule has 1 aliphatic rings. The summed E-state index contributed by atoms with van der Waals surface area (Å²) in [6, 6.07) is 10.4. The highest BCUT2D eigenvalue weighted by molar-refractivity contribution is 7.17. The number of hydrogen-bond acceptors (Lipinski definition) is 5. The maximum Gasteiger partial charge on any atom is 0.252 e. The topological polar surface area (TPSA) is 58.4 Å². The Morgan fingerprint density at radius 3 is 3.08 bits per heavy atom. The summed E-state index contributed by atoms with van der Waals surface area (Å²) in [5.41, 5.74) is 1.72. The van der Waals surface area contributed by atoms with Gasteiger partial charge in [0.2, 0.25) is 0 Å². The molecule has 24 heavy (non-hydrogen) atoms. The van der Waals surface area contributed by atoms with Gasteiger partial charge in [-0.15, -0.1) is 11.3 Å². The third kappa shape index (κ3) is 2.95. The molecule has 4 rings (SSSR count). The smallest absolute Gasteiger partial charge is 0.252 e. The normalized spacial score (nSPS) is 17.8. The molecular weight excluding hydrogens is 322 g/mol. The standard InChI is InChI=1S/C18H19N3O2S/c1-12-8-13(20-23-12)10-21-7-6-14(21)9-19-18(22)16-11-24-17-5-3-2-4-15(16)17/h2-5,8,11,14H,6-7,9-10H2,1H3,(H,19,22). The second-order valence-electron chi connectivity index (χ2n) is 6.20. The molecule has 1 fully saturated rings. The molecule has 1 unspecified atom stereocenters. The van der Waals surface area contributed by atoms with E-state index in [9.17, 15) is 4.79 Å². The first-order chi connectivity index (χ1) is 11.7. The lowest BCUT2D eigenvalue weighted by molar-refractivity contribution is 0.0716. The summed E-state index contributed by atoms with van der Waals surface area (Å²) in [6.45, 7) is 4.38. The van der Waals surface area contributed by atoms with E-state index in [1.54, 1.807) is 11.3 Å². The molecule has 1 N–H and O–H groups in total. The Morgan fingerprint density at radius 1 is 1.46 bits per heavy atom. The van der Waals surface area contributed by atoms with Crippen LogP contribution in [-0.4, -0.2) is 35.1 Å². The first kappa shape index (κ1) is 15.4. The first-order valence-electron chi connectivity index (χ1n) is 8.11. The number of fused-ring (bicyclic) bond motifs is 1. The number of nitrogens with one attached hydrogen (secondary N) is 1. The van der Waals surface area contributed by atoms with Crippen LogP contribution >= 0.6 is 11.3 Å². The van der Waals surface area contributed by atoms with Gasteiger partial charge in [-0.1, -0.05) is 23.4 Å². The number of nitrogens with zero attached hydrogens (tertiary/aromatic N) is 2. The van der Waals surface area contributed by atoms with Crippen molar-refractivity contribution in [2.75, 3.05) is 13.1 Å². The predicted octanol–water partition coefficient (Wildman–Crippen LogP) is 3.20. The lowest BCUT2D eigenvalue weighted by atomic mass is 10.0. The van der Waals surface area contributed by atoms with Gasteiger partial charge >= 0.3 is 0 Å². The van der Waals surface area contributed by atoms with Crippen molar-refractivity contribution in [2.45, 2.75) is 25.9 Å². The van der Waals surface area contributed by atoms with E-state index in [1.807, 2.05) is 42.6 Å². The minimum absolute atomic E-state index is 0.0107. The molecule has 0 spiro atoms. The molecule has 0 radical (unpaired) electrons. The summed E-state index contributed by atoms with van der Waals surface area (Å²) >= 11 is 1.61. The van der Waals surface area contributed by atoms with Crippen LogP contribution in [0.4, 0.5) is 0 Å². The zero-order valence-corrected chi connectivity index (χ0v) is 14.3. The Morgan fingerprint density at radius 2 is 2.33 bits per heavy atom. The van der Waals surface area contributed by atoms with E-state index in [2.05, 4.69) is 15.4 Å². The monoisotopic (exact) mass is 341 g/mol. The zero-order chi connectivity index (χ0) is 16.5. The van der Waals surface area contributed by atoms with Crippen molar-refractivity contribution < 1.29 is 9.32 Å².